The Labute approximate surface area is 150 Å². The molecule has 1 aromatic carbocycles. The number of aromatic amines is 1. The second kappa shape index (κ2) is 6.67. The van der Waals surface area contributed by atoms with Crippen LogP contribution in [0, 0.1) is 5.92 Å². The third-order valence-corrected chi connectivity index (χ3v) is 4.69. The monoisotopic (exact) mass is 352 g/mol. The molecule has 1 aliphatic heterocycles. The lowest BCUT2D eigenvalue weighted by atomic mass is 10.1. The molecule has 26 heavy (non-hydrogen) atoms. The van der Waals surface area contributed by atoms with Crippen LogP contribution in [-0.2, 0) is 16.1 Å². The van der Waals surface area contributed by atoms with Gasteiger partial charge in [-0.2, -0.15) is 0 Å². The number of furan rings is 1. The molecule has 0 aliphatic carbocycles. The number of amides is 2. The summed E-state index contributed by atoms with van der Waals surface area (Å²) < 4.78 is 5.28. The number of aromatic nitrogens is 2. The van der Waals surface area contributed by atoms with Gasteiger partial charge in [0.05, 0.1) is 35.8 Å². The van der Waals surface area contributed by atoms with Gasteiger partial charge >= 0.3 is 0 Å². The van der Waals surface area contributed by atoms with E-state index < -0.39 is 0 Å². The van der Waals surface area contributed by atoms with Crippen LogP contribution < -0.4 is 5.32 Å². The maximum absolute atomic E-state index is 12.6. The summed E-state index contributed by atoms with van der Waals surface area (Å²) in [6.07, 6.45) is 1.80. The molecule has 0 radical (unpaired) electrons. The first-order chi connectivity index (χ1) is 12.6. The highest BCUT2D eigenvalue weighted by molar-refractivity contribution is 5.89. The summed E-state index contributed by atoms with van der Waals surface area (Å²) in [7, 11) is 0. The molecule has 1 unspecified atom stereocenters. The molecule has 134 valence electrons. The van der Waals surface area contributed by atoms with Crippen LogP contribution in [0.5, 0.6) is 0 Å². The molecule has 7 nitrogen and oxygen atoms in total. The Kier molecular flexibility index (Phi) is 4.20. The minimum Gasteiger partial charge on any atom is -0.467 e. The van der Waals surface area contributed by atoms with E-state index in [1.54, 1.807) is 17.2 Å². The molecule has 2 atom stereocenters. The van der Waals surface area contributed by atoms with E-state index in [9.17, 15) is 9.59 Å². The standard InChI is InChI=1S/C19H20N4O3/c1-12(18-21-15-6-2-3-7-16(15)22-18)20-19(25)13-9-17(24)23(10-13)11-14-5-4-8-26-14/h2-8,12-13H,9-11H2,1H3,(H,20,25)(H,21,22)/t12-,13?/m0/s1. The molecule has 3 aromatic rings. The average Bonchev–Trinajstić information content (AvgIpc) is 3.35. The van der Waals surface area contributed by atoms with Gasteiger partial charge in [0.2, 0.25) is 11.8 Å². The molecular formula is C19H20N4O3. The Balaban J connectivity index is 1.39. The van der Waals surface area contributed by atoms with Gasteiger partial charge in [0.1, 0.15) is 11.6 Å². The van der Waals surface area contributed by atoms with Gasteiger partial charge < -0.3 is 19.6 Å². The summed E-state index contributed by atoms with van der Waals surface area (Å²) in [5.41, 5.74) is 1.80. The molecule has 1 saturated heterocycles. The summed E-state index contributed by atoms with van der Waals surface area (Å²) in [4.78, 5) is 34.2. The van der Waals surface area contributed by atoms with Crippen molar-refractivity contribution in [2.24, 2.45) is 5.92 Å². The number of hydrogen-bond acceptors (Lipinski definition) is 4. The highest BCUT2D eigenvalue weighted by Crippen LogP contribution is 2.22. The fraction of sp³-hybridized carbons (Fsp3) is 0.316. The molecule has 0 spiro atoms. The number of fused-ring (bicyclic) bond motifs is 1. The maximum Gasteiger partial charge on any atom is 0.226 e. The Morgan fingerprint density at radius 3 is 3.00 bits per heavy atom. The Morgan fingerprint density at radius 1 is 1.38 bits per heavy atom. The molecule has 1 aliphatic rings. The van der Waals surface area contributed by atoms with E-state index in [0.29, 0.717) is 18.9 Å². The molecule has 2 N–H and O–H groups in total. The molecular weight excluding hydrogens is 332 g/mol. The van der Waals surface area contributed by atoms with Gasteiger partial charge in [0.15, 0.2) is 0 Å². The van der Waals surface area contributed by atoms with Crippen molar-refractivity contribution < 1.29 is 14.0 Å². The number of likely N-dealkylation sites (tertiary alicyclic amines) is 1. The molecule has 4 rings (SSSR count). The smallest absolute Gasteiger partial charge is 0.226 e. The molecule has 2 amide bonds. The highest BCUT2D eigenvalue weighted by Gasteiger charge is 2.35. The second-order valence-electron chi connectivity index (χ2n) is 6.62. The normalized spacial score (nSPS) is 18.4. The van der Waals surface area contributed by atoms with Gasteiger partial charge in [-0.25, -0.2) is 4.98 Å². The van der Waals surface area contributed by atoms with Crippen molar-refractivity contribution in [3.05, 3.63) is 54.2 Å². The topological polar surface area (TPSA) is 91.2 Å². The molecule has 3 heterocycles. The van der Waals surface area contributed by atoms with Crippen LogP contribution in [0.25, 0.3) is 11.0 Å². The number of carbonyl (C=O) groups excluding carboxylic acids is 2. The number of H-pyrrole nitrogens is 1. The number of nitrogens with one attached hydrogen (secondary N) is 2. The summed E-state index contributed by atoms with van der Waals surface area (Å²) in [5, 5.41) is 2.96. The predicted octanol–water partition coefficient (Wildman–Crippen LogP) is 2.38. The number of hydrogen-bond donors (Lipinski definition) is 2. The van der Waals surface area contributed by atoms with E-state index in [0.717, 1.165) is 16.8 Å². The minimum atomic E-state index is -0.357. The van der Waals surface area contributed by atoms with Gasteiger partial charge in [-0.15, -0.1) is 0 Å². The van der Waals surface area contributed by atoms with Crippen LogP contribution in [-0.4, -0.2) is 33.2 Å². The molecule has 2 aromatic heterocycles. The zero-order chi connectivity index (χ0) is 18.1. The van der Waals surface area contributed by atoms with Crippen molar-refractivity contribution in [3.63, 3.8) is 0 Å². The van der Waals surface area contributed by atoms with Crippen molar-refractivity contribution >= 4 is 22.8 Å². The van der Waals surface area contributed by atoms with Crippen LogP contribution in [0.3, 0.4) is 0 Å². The quantitative estimate of drug-likeness (QED) is 0.737. The minimum absolute atomic E-state index is 0.0297. The van der Waals surface area contributed by atoms with E-state index >= 15 is 0 Å². The van der Waals surface area contributed by atoms with Crippen molar-refractivity contribution in [1.29, 1.82) is 0 Å². The zero-order valence-electron chi connectivity index (χ0n) is 14.4. The Bertz CT molecular complexity index is 898. The van der Waals surface area contributed by atoms with Gasteiger partial charge in [-0.1, -0.05) is 12.1 Å². The number of rotatable bonds is 5. The van der Waals surface area contributed by atoms with E-state index in [4.69, 9.17) is 4.42 Å². The molecule has 7 heteroatoms. The summed E-state index contributed by atoms with van der Waals surface area (Å²) >= 11 is 0. The van der Waals surface area contributed by atoms with Crippen LogP contribution in [0.1, 0.15) is 31.0 Å². The van der Waals surface area contributed by atoms with E-state index in [-0.39, 0.29) is 30.2 Å². The Morgan fingerprint density at radius 2 is 2.23 bits per heavy atom. The van der Waals surface area contributed by atoms with E-state index in [1.165, 1.54) is 0 Å². The maximum atomic E-state index is 12.6. The predicted molar refractivity (Wildman–Crippen MR) is 94.9 cm³/mol. The largest absolute Gasteiger partial charge is 0.467 e. The first kappa shape index (κ1) is 16.4. The van der Waals surface area contributed by atoms with E-state index in [2.05, 4.69) is 15.3 Å². The fourth-order valence-corrected chi connectivity index (χ4v) is 3.27. The van der Waals surface area contributed by atoms with Crippen LogP contribution in [0.15, 0.2) is 47.1 Å². The van der Waals surface area contributed by atoms with Gasteiger partial charge in [0.25, 0.3) is 0 Å². The zero-order valence-corrected chi connectivity index (χ0v) is 14.4. The van der Waals surface area contributed by atoms with Crippen LogP contribution in [0.2, 0.25) is 0 Å². The lowest BCUT2D eigenvalue weighted by Crippen LogP contribution is -2.34. The number of imidazole rings is 1. The third kappa shape index (κ3) is 3.20. The highest BCUT2D eigenvalue weighted by atomic mass is 16.3. The van der Waals surface area contributed by atoms with E-state index in [1.807, 2.05) is 37.3 Å². The van der Waals surface area contributed by atoms with Gasteiger partial charge in [0, 0.05) is 13.0 Å². The van der Waals surface area contributed by atoms with Crippen molar-refractivity contribution in [1.82, 2.24) is 20.2 Å². The number of carbonyl (C=O) groups is 2. The first-order valence-corrected chi connectivity index (χ1v) is 8.65. The lowest BCUT2D eigenvalue weighted by Gasteiger charge is -2.17. The van der Waals surface area contributed by atoms with Crippen molar-refractivity contribution in [2.75, 3.05) is 6.54 Å². The van der Waals surface area contributed by atoms with Crippen molar-refractivity contribution in [3.8, 4) is 0 Å². The number of para-hydroxylation sites is 2. The fourth-order valence-electron chi connectivity index (χ4n) is 3.27. The second-order valence-corrected chi connectivity index (χ2v) is 6.62. The molecule has 0 bridgehead atoms. The van der Waals surface area contributed by atoms with Gasteiger partial charge in [-0.05, 0) is 31.2 Å². The number of benzene rings is 1. The van der Waals surface area contributed by atoms with Crippen LogP contribution >= 0.6 is 0 Å². The summed E-state index contributed by atoms with van der Waals surface area (Å²) in [6.45, 7) is 2.68. The lowest BCUT2D eigenvalue weighted by molar-refractivity contribution is -0.129. The average molecular weight is 352 g/mol. The first-order valence-electron chi connectivity index (χ1n) is 8.65. The third-order valence-electron chi connectivity index (χ3n) is 4.69. The molecule has 1 fully saturated rings. The molecule has 0 saturated carbocycles. The SMILES string of the molecule is C[C@H](NC(=O)C1CC(=O)N(Cc2ccco2)C1)c1nc2ccccc2[nH]1. The Hall–Kier alpha value is -3.09. The van der Waals surface area contributed by atoms with Crippen molar-refractivity contribution in [2.45, 2.75) is 25.9 Å². The summed E-state index contributed by atoms with van der Waals surface area (Å²) in [5.74, 6) is 0.904. The number of nitrogens with zero attached hydrogens (tertiary/aromatic N) is 2. The van der Waals surface area contributed by atoms with Gasteiger partial charge in [-0.3, -0.25) is 9.59 Å². The van der Waals surface area contributed by atoms with Crippen LogP contribution in [0.4, 0.5) is 0 Å². The summed E-state index contributed by atoms with van der Waals surface area (Å²) in [6, 6.07) is 11.1.